The van der Waals surface area contributed by atoms with E-state index < -0.39 is 11.4 Å². The molecule has 0 amide bonds. The van der Waals surface area contributed by atoms with Crippen molar-refractivity contribution in [2.24, 2.45) is 0 Å². The molecule has 5 heteroatoms. The number of hydrogen-bond acceptors (Lipinski definition) is 4. The number of aromatic nitrogens is 2. The molecule has 5 nitrogen and oxygen atoms in total. The largest absolute Gasteiger partial charge is 0.419 e. The molecule has 0 saturated carbocycles. The van der Waals surface area contributed by atoms with E-state index in [4.69, 9.17) is 0 Å². The van der Waals surface area contributed by atoms with Crippen LogP contribution in [0.4, 0.5) is 0 Å². The van der Waals surface area contributed by atoms with E-state index in [1.165, 1.54) is 6.20 Å². The summed E-state index contributed by atoms with van der Waals surface area (Å²) in [5.41, 5.74) is 0.707. The Hall–Kier alpha value is -1.91. The second kappa shape index (κ2) is 2.55. The molecule has 1 N–H and O–H groups in total. The molecule has 2 heterocycles. The maximum atomic E-state index is 11.1. The highest BCUT2D eigenvalue weighted by molar-refractivity contribution is 5.72. The molecular formula is C8H6N2O3. The number of hydrogen-bond donors (Lipinski definition) is 1. The van der Waals surface area contributed by atoms with Crippen molar-refractivity contribution in [3.05, 3.63) is 38.8 Å². The first-order valence-corrected chi connectivity index (χ1v) is 3.66. The first-order chi connectivity index (χ1) is 6.16. The highest BCUT2D eigenvalue weighted by Gasteiger charge is 2.02. The number of H-pyrrole nitrogens is 1. The molecule has 2 rings (SSSR count). The molecule has 0 aliphatic heterocycles. The average Bonchev–Trinajstić information content (AvgIpc) is 2.02. The average molecular weight is 178 g/mol. The van der Waals surface area contributed by atoms with Gasteiger partial charge in [0.25, 0.3) is 0 Å². The summed E-state index contributed by atoms with van der Waals surface area (Å²) in [4.78, 5) is 28.1. The Balaban J connectivity index is 3.03. The maximum Gasteiger partial charge on any atom is 0.419 e. The molecule has 66 valence electrons. The van der Waals surface area contributed by atoms with Gasteiger partial charge in [0.05, 0.1) is 5.52 Å². The van der Waals surface area contributed by atoms with Crippen LogP contribution >= 0.6 is 0 Å². The van der Waals surface area contributed by atoms with Gasteiger partial charge in [0.15, 0.2) is 5.52 Å². The number of nitrogens with one attached hydrogen (secondary N) is 1. The summed E-state index contributed by atoms with van der Waals surface area (Å²) < 4.78 is 4.30. The van der Waals surface area contributed by atoms with Crippen LogP contribution in [-0.4, -0.2) is 9.97 Å². The molecular weight excluding hydrogens is 172 g/mol. The zero-order chi connectivity index (χ0) is 9.42. The molecule has 0 fully saturated rings. The van der Waals surface area contributed by atoms with Gasteiger partial charge in [0, 0.05) is 6.20 Å². The minimum absolute atomic E-state index is 0.144. The predicted molar refractivity (Wildman–Crippen MR) is 45.6 cm³/mol. The second-order valence-electron chi connectivity index (χ2n) is 2.71. The Morgan fingerprint density at radius 1 is 1.46 bits per heavy atom. The van der Waals surface area contributed by atoms with Crippen LogP contribution in [0.15, 0.2) is 26.3 Å². The van der Waals surface area contributed by atoms with E-state index >= 15 is 0 Å². The van der Waals surface area contributed by atoms with Crippen LogP contribution in [0.25, 0.3) is 11.0 Å². The van der Waals surface area contributed by atoms with Crippen molar-refractivity contribution in [3.63, 3.8) is 0 Å². The van der Waals surface area contributed by atoms with E-state index in [0.29, 0.717) is 5.52 Å². The monoisotopic (exact) mass is 178 g/mol. The molecule has 0 aliphatic carbocycles. The minimum atomic E-state index is -0.759. The molecule has 0 radical (unpaired) electrons. The molecule has 13 heavy (non-hydrogen) atoms. The van der Waals surface area contributed by atoms with E-state index in [1.807, 2.05) is 6.92 Å². The number of aryl methyl sites for hydroxylation is 1. The molecule has 0 unspecified atom stereocenters. The highest BCUT2D eigenvalue weighted by atomic mass is 16.4. The van der Waals surface area contributed by atoms with Gasteiger partial charge >= 0.3 is 11.4 Å². The lowest BCUT2D eigenvalue weighted by atomic mass is 10.3. The van der Waals surface area contributed by atoms with Crippen molar-refractivity contribution in [2.75, 3.05) is 0 Å². The van der Waals surface area contributed by atoms with Crippen molar-refractivity contribution < 1.29 is 4.42 Å². The standard InChI is InChI=1S/C8H6N2O3/c1-4-2-5-6(9-3-4)7(11)13-8(12)10-5/h2-3H,1H3,(H,10,12). The lowest BCUT2D eigenvalue weighted by Crippen LogP contribution is -2.15. The quantitative estimate of drug-likeness (QED) is 0.624. The van der Waals surface area contributed by atoms with E-state index in [-0.39, 0.29) is 5.52 Å². The Morgan fingerprint density at radius 3 is 3.00 bits per heavy atom. The van der Waals surface area contributed by atoms with E-state index in [2.05, 4.69) is 14.4 Å². The Labute approximate surface area is 72.0 Å². The summed E-state index contributed by atoms with van der Waals surface area (Å²) in [6.45, 7) is 1.82. The summed E-state index contributed by atoms with van der Waals surface area (Å²) in [6, 6.07) is 1.67. The second-order valence-corrected chi connectivity index (χ2v) is 2.71. The van der Waals surface area contributed by atoms with Crippen LogP contribution in [0.1, 0.15) is 5.56 Å². The van der Waals surface area contributed by atoms with Crippen LogP contribution in [0, 0.1) is 6.92 Å². The van der Waals surface area contributed by atoms with Gasteiger partial charge in [-0.25, -0.2) is 14.6 Å². The van der Waals surface area contributed by atoms with E-state index in [1.54, 1.807) is 6.07 Å². The van der Waals surface area contributed by atoms with Gasteiger partial charge in [-0.1, -0.05) is 0 Å². The van der Waals surface area contributed by atoms with Crippen LogP contribution in [0.2, 0.25) is 0 Å². The fourth-order valence-corrected chi connectivity index (χ4v) is 1.10. The fourth-order valence-electron chi connectivity index (χ4n) is 1.10. The smallest absolute Gasteiger partial charge is 0.371 e. The van der Waals surface area contributed by atoms with Crippen molar-refractivity contribution >= 4 is 11.0 Å². The van der Waals surface area contributed by atoms with Gasteiger partial charge in [0.2, 0.25) is 0 Å². The maximum absolute atomic E-state index is 11.1. The minimum Gasteiger partial charge on any atom is -0.371 e. The Morgan fingerprint density at radius 2 is 2.23 bits per heavy atom. The molecule has 2 aromatic heterocycles. The summed E-state index contributed by atoms with van der Waals surface area (Å²) in [7, 11) is 0. The first kappa shape index (κ1) is 7.72. The third-order valence-electron chi connectivity index (χ3n) is 1.64. The summed E-state index contributed by atoms with van der Waals surface area (Å²) >= 11 is 0. The summed E-state index contributed by atoms with van der Waals surface area (Å²) in [5.74, 6) is -0.759. The van der Waals surface area contributed by atoms with Crippen molar-refractivity contribution in [1.82, 2.24) is 9.97 Å². The van der Waals surface area contributed by atoms with E-state index in [9.17, 15) is 9.59 Å². The highest BCUT2D eigenvalue weighted by Crippen LogP contribution is 2.03. The van der Waals surface area contributed by atoms with Gasteiger partial charge in [-0.2, -0.15) is 0 Å². The SMILES string of the molecule is Cc1cnc2c(=O)oc(=O)[nH]c2c1. The zero-order valence-corrected chi connectivity index (χ0v) is 6.83. The predicted octanol–water partition coefficient (Wildman–Crippen LogP) is 0.185. The molecule has 2 aromatic rings. The fraction of sp³-hybridized carbons (Fsp3) is 0.125. The topological polar surface area (TPSA) is 76.0 Å². The third-order valence-corrected chi connectivity index (χ3v) is 1.64. The molecule has 0 atom stereocenters. The first-order valence-electron chi connectivity index (χ1n) is 3.66. The number of pyridine rings is 1. The molecule has 0 spiro atoms. The van der Waals surface area contributed by atoms with Gasteiger partial charge in [0.1, 0.15) is 0 Å². The summed E-state index contributed by atoms with van der Waals surface area (Å²) in [5, 5.41) is 0. The number of nitrogens with zero attached hydrogens (tertiary/aromatic N) is 1. The third kappa shape index (κ3) is 1.24. The lowest BCUT2D eigenvalue weighted by molar-refractivity contribution is 0.458. The van der Waals surface area contributed by atoms with Crippen LogP contribution < -0.4 is 11.4 Å². The van der Waals surface area contributed by atoms with Gasteiger partial charge in [-0.3, -0.25) is 4.98 Å². The van der Waals surface area contributed by atoms with Crippen LogP contribution in [-0.2, 0) is 0 Å². The lowest BCUT2D eigenvalue weighted by Gasteiger charge is -1.94. The van der Waals surface area contributed by atoms with Crippen LogP contribution in [0.3, 0.4) is 0 Å². The molecule has 0 aromatic carbocycles. The zero-order valence-electron chi connectivity index (χ0n) is 6.83. The van der Waals surface area contributed by atoms with Crippen molar-refractivity contribution in [1.29, 1.82) is 0 Å². The van der Waals surface area contributed by atoms with Crippen molar-refractivity contribution in [3.8, 4) is 0 Å². The molecule has 0 aliphatic rings. The summed E-state index contributed by atoms with van der Waals surface area (Å²) in [6.07, 6.45) is 1.54. The molecule has 0 saturated heterocycles. The van der Waals surface area contributed by atoms with Gasteiger partial charge in [-0.15, -0.1) is 0 Å². The molecule has 0 bridgehead atoms. The number of rotatable bonds is 0. The van der Waals surface area contributed by atoms with Crippen molar-refractivity contribution in [2.45, 2.75) is 6.92 Å². The Kier molecular flexibility index (Phi) is 1.51. The number of aromatic amines is 1. The van der Waals surface area contributed by atoms with Crippen LogP contribution in [0.5, 0.6) is 0 Å². The number of fused-ring (bicyclic) bond motifs is 1. The van der Waals surface area contributed by atoms with E-state index in [0.717, 1.165) is 5.56 Å². The Bertz CT molecular complexity index is 567. The normalized spacial score (nSPS) is 10.5. The van der Waals surface area contributed by atoms with Gasteiger partial charge < -0.3 is 4.42 Å². The van der Waals surface area contributed by atoms with Gasteiger partial charge in [-0.05, 0) is 18.6 Å².